The first-order valence-corrected chi connectivity index (χ1v) is 4.75. The van der Waals surface area contributed by atoms with Crippen molar-refractivity contribution in [1.29, 1.82) is 0 Å². The first kappa shape index (κ1) is 10.1. The van der Waals surface area contributed by atoms with Crippen LogP contribution in [0.1, 0.15) is 0 Å². The van der Waals surface area contributed by atoms with Gasteiger partial charge in [0.2, 0.25) is 0 Å². The van der Waals surface area contributed by atoms with Crippen LogP contribution in [0.4, 0.5) is 13.2 Å². The lowest BCUT2D eigenvalue weighted by Crippen LogP contribution is -2.00. The minimum Gasteiger partial charge on any atom is -0.249 e. The van der Waals surface area contributed by atoms with E-state index in [1.165, 1.54) is 18.3 Å². The van der Waals surface area contributed by atoms with Crippen molar-refractivity contribution >= 4 is 34.4 Å². The number of hydrogen-bond donors (Lipinski definition) is 0. The van der Waals surface area contributed by atoms with Crippen molar-refractivity contribution in [3.63, 3.8) is 0 Å². The minimum atomic E-state index is -4.23. The second kappa shape index (κ2) is 3.82. The second-order valence-corrected chi connectivity index (χ2v) is 3.97. The number of rotatable bonds is 1. The Morgan fingerprint density at radius 2 is 2.08 bits per heavy atom. The maximum absolute atomic E-state index is 11.9. The molecule has 0 unspecified atom stereocenters. The van der Waals surface area contributed by atoms with Gasteiger partial charge in [-0.3, -0.25) is 0 Å². The van der Waals surface area contributed by atoms with Crippen LogP contribution in [-0.4, -0.2) is 10.5 Å². The van der Waals surface area contributed by atoms with E-state index < -0.39 is 5.51 Å². The Morgan fingerprint density at radius 3 is 2.58 bits per heavy atom. The quantitative estimate of drug-likeness (QED) is 0.448. The lowest BCUT2D eigenvalue weighted by molar-refractivity contribution is -0.0328. The minimum absolute atomic E-state index is 0.143. The van der Waals surface area contributed by atoms with Crippen LogP contribution in [0.2, 0.25) is 0 Å². The predicted octanol–water partition coefficient (Wildman–Crippen LogP) is 3.30. The van der Waals surface area contributed by atoms with Gasteiger partial charge in [0.25, 0.3) is 0 Å². The number of alkyl halides is 3. The van der Waals surface area contributed by atoms with Crippen molar-refractivity contribution in [1.82, 2.24) is 4.98 Å². The van der Waals surface area contributed by atoms with Crippen LogP contribution in [0.25, 0.3) is 0 Å². The van der Waals surface area contributed by atoms with Gasteiger partial charge in [0, 0.05) is 11.1 Å². The molecule has 66 valence electrons. The Labute approximate surface area is 84.9 Å². The molecule has 0 bridgehead atoms. The first-order valence-electron chi connectivity index (χ1n) is 2.85. The van der Waals surface area contributed by atoms with Crippen molar-refractivity contribution in [2.75, 3.05) is 0 Å². The van der Waals surface area contributed by atoms with E-state index >= 15 is 0 Å². The molecule has 0 aromatic carbocycles. The van der Waals surface area contributed by atoms with Gasteiger partial charge in [-0.05, 0) is 46.5 Å². The third kappa shape index (κ3) is 3.18. The molecule has 0 spiro atoms. The Kier molecular flexibility index (Phi) is 3.22. The summed E-state index contributed by atoms with van der Waals surface area (Å²) >= 11 is 1.63. The lowest BCUT2D eigenvalue weighted by Gasteiger charge is -2.05. The Bertz CT molecular complexity index is 276. The molecule has 6 heteroatoms. The summed E-state index contributed by atoms with van der Waals surface area (Å²) in [5.41, 5.74) is -4.23. The lowest BCUT2D eigenvalue weighted by atomic mass is 10.5. The van der Waals surface area contributed by atoms with E-state index in [4.69, 9.17) is 0 Å². The summed E-state index contributed by atoms with van der Waals surface area (Å²) in [4.78, 5) is 3.87. The van der Waals surface area contributed by atoms with Gasteiger partial charge in [0.05, 0.1) is 0 Å². The number of aromatic nitrogens is 1. The molecule has 0 saturated carbocycles. The second-order valence-electron chi connectivity index (χ2n) is 1.84. The molecular weight excluding hydrogens is 302 g/mol. The van der Waals surface area contributed by atoms with Gasteiger partial charge in [-0.1, -0.05) is 0 Å². The molecule has 1 aromatic rings. The fraction of sp³-hybridized carbons (Fsp3) is 0.167. The summed E-state index contributed by atoms with van der Waals surface area (Å²) in [5, 5.41) is 0. The highest BCUT2D eigenvalue weighted by molar-refractivity contribution is 14.1. The van der Waals surface area contributed by atoms with Crippen LogP contribution in [0, 0.1) is 3.70 Å². The molecular formula is C6H3F3INS. The molecule has 0 amide bonds. The smallest absolute Gasteiger partial charge is 0.249 e. The molecule has 0 saturated heterocycles. The number of thioether (sulfide) groups is 1. The summed E-state index contributed by atoms with van der Waals surface area (Å²) in [5.74, 6) is 0. The molecule has 1 aromatic heterocycles. The van der Waals surface area contributed by atoms with Gasteiger partial charge in [-0.15, -0.1) is 0 Å². The maximum atomic E-state index is 11.9. The van der Waals surface area contributed by atoms with E-state index in [1.807, 2.05) is 0 Å². The predicted molar refractivity (Wildman–Crippen MR) is 48.9 cm³/mol. The summed E-state index contributed by atoms with van der Waals surface area (Å²) in [7, 11) is 0. The average molecular weight is 305 g/mol. The number of pyridine rings is 1. The Balaban J connectivity index is 2.83. The highest BCUT2D eigenvalue weighted by Gasteiger charge is 2.30. The SMILES string of the molecule is FC(F)(F)Sc1cccnc1I. The fourth-order valence-electron chi connectivity index (χ4n) is 0.572. The molecule has 0 atom stereocenters. The van der Waals surface area contributed by atoms with E-state index in [9.17, 15) is 13.2 Å². The van der Waals surface area contributed by atoms with E-state index in [0.717, 1.165) is 0 Å². The van der Waals surface area contributed by atoms with Gasteiger partial charge >= 0.3 is 5.51 Å². The van der Waals surface area contributed by atoms with Gasteiger partial charge in [0.15, 0.2) is 0 Å². The van der Waals surface area contributed by atoms with Crippen LogP contribution in [-0.2, 0) is 0 Å². The van der Waals surface area contributed by atoms with E-state index in [-0.39, 0.29) is 16.7 Å². The normalized spacial score (nSPS) is 11.7. The molecule has 0 aliphatic heterocycles. The van der Waals surface area contributed by atoms with E-state index in [1.54, 1.807) is 22.6 Å². The van der Waals surface area contributed by atoms with Crippen LogP contribution in [0.3, 0.4) is 0 Å². The first-order chi connectivity index (χ1) is 5.49. The monoisotopic (exact) mass is 305 g/mol. The van der Waals surface area contributed by atoms with Crippen LogP contribution >= 0.6 is 34.4 Å². The molecule has 1 rings (SSSR count). The highest BCUT2D eigenvalue weighted by Crippen LogP contribution is 2.38. The average Bonchev–Trinajstić information content (AvgIpc) is 1.91. The van der Waals surface area contributed by atoms with Crippen LogP contribution in [0.15, 0.2) is 23.2 Å². The van der Waals surface area contributed by atoms with Crippen molar-refractivity contribution in [3.8, 4) is 0 Å². The third-order valence-corrected chi connectivity index (χ3v) is 2.96. The number of nitrogens with zero attached hydrogens (tertiary/aromatic N) is 1. The van der Waals surface area contributed by atoms with Gasteiger partial charge in [-0.2, -0.15) is 13.2 Å². The number of halogens is 4. The third-order valence-electron chi connectivity index (χ3n) is 0.951. The zero-order valence-electron chi connectivity index (χ0n) is 5.60. The van der Waals surface area contributed by atoms with Gasteiger partial charge in [-0.25, -0.2) is 4.98 Å². The molecule has 0 fully saturated rings. The standard InChI is InChI=1S/C6H3F3INS/c7-6(8,9)12-4-2-1-3-11-5(4)10/h1-3H. The zero-order chi connectivity index (χ0) is 9.19. The molecule has 0 N–H and O–H groups in total. The molecule has 1 heterocycles. The molecule has 12 heavy (non-hydrogen) atoms. The maximum Gasteiger partial charge on any atom is 0.446 e. The molecule has 0 aliphatic carbocycles. The summed E-state index contributed by atoms with van der Waals surface area (Å²) < 4.78 is 35.9. The van der Waals surface area contributed by atoms with Crippen molar-refractivity contribution in [2.45, 2.75) is 10.4 Å². The summed E-state index contributed by atoms with van der Waals surface area (Å²) in [6, 6.07) is 2.88. The summed E-state index contributed by atoms with van der Waals surface area (Å²) in [6.07, 6.45) is 1.46. The largest absolute Gasteiger partial charge is 0.446 e. The van der Waals surface area contributed by atoms with E-state index in [2.05, 4.69) is 4.98 Å². The topological polar surface area (TPSA) is 12.9 Å². The highest BCUT2D eigenvalue weighted by atomic mass is 127. The van der Waals surface area contributed by atoms with Crippen LogP contribution < -0.4 is 0 Å². The van der Waals surface area contributed by atoms with Crippen LogP contribution in [0.5, 0.6) is 0 Å². The molecule has 0 aliphatic rings. The Hall–Kier alpha value is 0.0200. The van der Waals surface area contributed by atoms with Crippen molar-refractivity contribution < 1.29 is 13.2 Å². The summed E-state index contributed by atoms with van der Waals surface area (Å²) in [6.45, 7) is 0. The molecule has 0 radical (unpaired) electrons. The number of hydrogen-bond acceptors (Lipinski definition) is 2. The van der Waals surface area contributed by atoms with E-state index in [0.29, 0.717) is 3.70 Å². The fourth-order valence-corrected chi connectivity index (χ4v) is 1.78. The molecule has 1 nitrogen and oxygen atoms in total. The van der Waals surface area contributed by atoms with Gasteiger partial charge in [0.1, 0.15) is 3.70 Å². The van der Waals surface area contributed by atoms with Crippen molar-refractivity contribution in [3.05, 3.63) is 22.0 Å². The van der Waals surface area contributed by atoms with Gasteiger partial charge < -0.3 is 0 Å². The Morgan fingerprint density at radius 1 is 1.42 bits per heavy atom. The zero-order valence-corrected chi connectivity index (χ0v) is 8.57. The van der Waals surface area contributed by atoms with Crippen molar-refractivity contribution in [2.24, 2.45) is 0 Å².